The Morgan fingerprint density at radius 3 is 2.94 bits per heavy atom. The van der Waals surface area contributed by atoms with Gasteiger partial charge in [0.05, 0.1) is 17.3 Å². The predicted molar refractivity (Wildman–Crippen MR) is 65.6 cm³/mol. The Morgan fingerprint density at radius 2 is 2.31 bits per heavy atom. The van der Waals surface area contributed by atoms with Crippen molar-refractivity contribution in [2.75, 3.05) is 12.4 Å². The molecule has 0 saturated heterocycles. The van der Waals surface area contributed by atoms with Gasteiger partial charge in [0.1, 0.15) is 0 Å². The van der Waals surface area contributed by atoms with Gasteiger partial charge in [-0.05, 0) is 19.8 Å². The molecule has 1 aliphatic rings. The summed E-state index contributed by atoms with van der Waals surface area (Å²) in [5.74, 6) is 0.732. The van der Waals surface area contributed by atoms with Crippen LogP contribution in [0, 0.1) is 6.92 Å². The lowest BCUT2D eigenvalue weighted by molar-refractivity contribution is 0.322. The zero-order valence-electron chi connectivity index (χ0n) is 9.86. The Kier molecular flexibility index (Phi) is 3.89. The molecule has 4 nitrogen and oxygen atoms in total. The van der Waals surface area contributed by atoms with Crippen molar-refractivity contribution in [1.82, 2.24) is 15.1 Å². The zero-order valence-corrected chi connectivity index (χ0v) is 10.7. The molecule has 2 N–H and O–H groups in total. The van der Waals surface area contributed by atoms with Crippen LogP contribution in [-0.2, 0) is 13.6 Å². The van der Waals surface area contributed by atoms with Gasteiger partial charge in [-0.1, -0.05) is 0 Å². The Labute approximate surface area is 100 Å². The number of nitrogens with one attached hydrogen (secondary N) is 1. The first-order valence-electron chi connectivity index (χ1n) is 5.72. The Morgan fingerprint density at radius 1 is 1.56 bits per heavy atom. The third-order valence-electron chi connectivity index (χ3n) is 2.76. The third kappa shape index (κ3) is 2.78. The molecule has 1 saturated carbocycles. The molecule has 1 aliphatic carbocycles. The summed E-state index contributed by atoms with van der Waals surface area (Å²) in [5, 5.41) is 18.0. The van der Waals surface area contributed by atoms with Gasteiger partial charge in [0.2, 0.25) is 0 Å². The van der Waals surface area contributed by atoms with Crippen LogP contribution in [0.25, 0.3) is 0 Å². The molecule has 90 valence electrons. The number of hydrogen-bond donors (Lipinski definition) is 2. The van der Waals surface area contributed by atoms with E-state index < -0.39 is 0 Å². The molecule has 0 spiro atoms. The number of aliphatic hydroxyl groups is 1. The fraction of sp³-hybridized carbons (Fsp3) is 0.727. The van der Waals surface area contributed by atoms with Gasteiger partial charge in [-0.3, -0.25) is 4.68 Å². The van der Waals surface area contributed by atoms with Crippen LogP contribution in [-0.4, -0.2) is 33.3 Å². The second-order valence-corrected chi connectivity index (χ2v) is 5.30. The molecule has 5 heteroatoms. The normalized spacial score (nSPS) is 15.7. The molecule has 0 aliphatic heterocycles. The Balaban J connectivity index is 2.05. The highest BCUT2D eigenvalue weighted by Gasteiger charge is 2.22. The van der Waals surface area contributed by atoms with E-state index in [1.54, 1.807) is 11.8 Å². The first-order valence-corrected chi connectivity index (χ1v) is 6.70. The van der Waals surface area contributed by atoms with Crippen molar-refractivity contribution in [3.05, 3.63) is 11.3 Å². The summed E-state index contributed by atoms with van der Waals surface area (Å²) < 4.78 is 1.92. The quantitative estimate of drug-likeness (QED) is 0.731. The second-order valence-electron chi connectivity index (χ2n) is 4.22. The van der Waals surface area contributed by atoms with Crippen molar-refractivity contribution in [3.63, 3.8) is 0 Å². The molecular weight excluding hydrogens is 222 g/mol. The first kappa shape index (κ1) is 12.0. The van der Waals surface area contributed by atoms with E-state index in [1.165, 1.54) is 23.4 Å². The van der Waals surface area contributed by atoms with Gasteiger partial charge >= 0.3 is 0 Å². The fourth-order valence-corrected chi connectivity index (χ4v) is 2.65. The molecule has 16 heavy (non-hydrogen) atoms. The summed E-state index contributed by atoms with van der Waals surface area (Å²) in [6.07, 6.45) is 2.61. The van der Waals surface area contributed by atoms with Crippen molar-refractivity contribution in [3.8, 4) is 0 Å². The van der Waals surface area contributed by atoms with Crippen molar-refractivity contribution >= 4 is 11.8 Å². The number of aromatic nitrogens is 2. The minimum atomic E-state index is 0.213. The van der Waals surface area contributed by atoms with Gasteiger partial charge in [0, 0.05) is 31.0 Å². The van der Waals surface area contributed by atoms with Crippen LogP contribution in [0.4, 0.5) is 0 Å². The highest BCUT2D eigenvalue weighted by atomic mass is 32.2. The van der Waals surface area contributed by atoms with E-state index in [-0.39, 0.29) is 6.61 Å². The van der Waals surface area contributed by atoms with Crippen LogP contribution >= 0.6 is 11.8 Å². The highest BCUT2D eigenvalue weighted by Crippen LogP contribution is 2.26. The molecule has 0 radical (unpaired) electrons. The lowest BCUT2D eigenvalue weighted by Crippen LogP contribution is -2.16. The minimum absolute atomic E-state index is 0.213. The van der Waals surface area contributed by atoms with E-state index >= 15 is 0 Å². The van der Waals surface area contributed by atoms with Crippen LogP contribution in [0.15, 0.2) is 5.03 Å². The summed E-state index contributed by atoms with van der Waals surface area (Å²) >= 11 is 1.68. The number of hydrogen-bond acceptors (Lipinski definition) is 4. The van der Waals surface area contributed by atoms with Gasteiger partial charge in [-0.15, -0.1) is 11.8 Å². The molecule has 1 heterocycles. The minimum Gasteiger partial charge on any atom is -0.396 e. The van der Waals surface area contributed by atoms with Crippen molar-refractivity contribution in [2.45, 2.75) is 37.4 Å². The molecule has 0 unspecified atom stereocenters. The summed E-state index contributed by atoms with van der Waals surface area (Å²) in [7, 11) is 1.97. The van der Waals surface area contributed by atoms with Crippen LogP contribution < -0.4 is 5.32 Å². The zero-order chi connectivity index (χ0) is 11.5. The fourth-order valence-electron chi connectivity index (χ4n) is 1.74. The monoisotopic (exact) mass is 241 g/mol. The molecule has 1 aromatic heterocycles. The number of aliphatic hydroxyl groups excluding tert-OH is 1. The van der Waals surface area contributed by atoms with Gasteiger partial charge in [0.25, 0.3) is 0 Å². The van der Waals surface area contributed by atoms with Crippen LogP contribution in [0.5, 0.6) is 0 Å². The molecular formula is C11H19N3OS. The number of aryl methyl sites for hydroxylation is 2. The summed E-state index contributed by atoms with van der Waals surface area (Å²) in [6.45, 7) is 3.16. The third-order valence-corrected chi connectivity index (χ3v) is 3.93. The molecule has 0 bridgehead atoms. The van der Waals surface area contributed by atoms with Crippen LogP contribution in [0.2, 0.25) is 0 Å². The van der Waals surface area contributed by atoms with Crippen molar-refractivity contribution in [1.29, 1.82) is 0 Å². The van der Waals surface area contributed by atoms with Crippen LogP contribution in [0.3, 0.4) is 0 Å². The molecule has 0 aromatic carbocycles. The van der Waals surface area contributed by atoms with Gasteiger partial charge in [-0.2, -0.15) is 5.10 Å². The maximum absolute atomic E-state index is 8.88. The van der Waals surface area contributed by atoms with E-state index in [9.17, 15) is 0 Å². The van der Waals surface area contributed by atoms with Gasteiger partial charge in [0.15, 0.2) is 0 Å². The highest BCUT2D eigenvalue weighted by molar-refractivity contribution is 7.99. The van der Waals surface area contributed by atoms with Gasteiger partial charge in [-0.25, -0.2) is 0 Å². The Bertz CT molecular complexity index is 360. The van der Waals surface area contributed by atoms with E-state index in [1.807, 2.05) is 18.7 Å². The smallest absolute Gasteiger partial charge is 0.0985 e. The van der Waals surface area contributed by atoms with Crippen LogP contribution in [0.1, 0.15) is 24.1 Å². The first-order chi connectivity index (χ1) is 7.72. The summed E-state index contributed by atoms with van der Waals surface area (Å²) in [6, 6.07) is 0.718. The van der Waals surface area contributed by atoms with Gasteiger partial charge < -0.3 is 10.4 Å². The average molecular weight is 241 g/mol. The maximum atomic E-state index is 8.88. The SMILES string of the molecule is Cc1nn(C)c(SCCO)c1CNC1CC1. The molecule has 1 fully saturated rings. The number of rotatable bonds is 6. The molecule has 2 rings (SSSR count). The Hall–Kier alpha value is -0.520. The molecule has 1 aromatic rings. The number of thioether (sulfide) groups is 1. The van der Waals surface area contributed by atoms with E-state index in [4.69, 9.17) is 5.11 Å². The predicted octanol–water partition coefficient (Wildman–Crippen LogP) is 1.06. The lowest BCUT2D eigenvalue weighted by Gasteiger charge is -2.06. The second kappa shape index (κ2) is 5.21. The molecule has 0 amide bonds. The van der Waals surface area contributed by atoms with E-state index in [2.05, 4.69) is 10.4 Å². The van der Waals surface area contributed by atoms with Crippen molar-refractivity contribution < 1.29 is 5.11 Å². The summed E-state index contributed by atoms with van der Waals surface area (Å²) in [4.78, 5) is 0. The maximum Gasteiger partial charge on any atom is 0.0985 e. The van der Waals surface area contributed by atoms with E-state index in [0.29, 0.717) is 0 Å². The summed E-state index contributed by atoms with van der Waals surface area (Å²) in [5.41, 5.74) is 2.38. The number of nitrogens with zero attached hydrogens (tertiary/aromatic N) is 2. The van der Waals surface area contributed by atoms with Crippen molar-refractivity contribution in [2.24, 2.45) is 7.05 Å². The average Bonchev–Trinajstić information content (AvgIpc) is 3.02. The largest absolute Gasteiger partial charge is 0.396 e. The lowest BCUT2D eigenvalue weighted by atomic mass is 10.2. The standard InChI is InChI=1S/C11H19N3OS/c1-8-10(7-12-9-3-4-9)11(14(2)13-8)16-6-5-15/h9,12,15H,3-7H2,1-2H3. The molecule has 0 atom stereocenters. The topological polar surface area (TPSA) is 50.1 Å². The van der Waals surface area contributed by atoms with E-state index in [0.717, 1.165) is 24.0 Å².